The molecule has 2 aliphatic carbocycles. The van der Waals surface area contributed by atoms with Crippen LogP contribution in [-0.2, 0) is 9.59 Å². The molecule has 0 N–H and O–H groups in total. The lowest BCUT2D eigenvalue weighted by molar-refractivity contribution is -0.157. The first-order chi connectivity index (χ1) is 16.2. The summed E-state index contributed by atoms with van der Waals surface area (Å²) in [6.07, 6.45) is 0.767. The van der Waals surface area contributed by atoms with Gasteiger partial charge in [0.15, 0.2) is 5.78 Å². The van der Waals surface area contributed by atoms with Crippen LogP contribution in [0.3, 0.4) is 0 Å². The minimum atomic E-state index is -1.10. The molecule has 3 fully saturated rings. The topological polar surface area (TPSA) is 74.8 Å². The van der Waals surface area contributed by atoms with Gasteiger partial charge in [0.1, 0.15) is 6.04 Å². The summed E-state index contributed by atoms with van der Waals surface area (Å²) in [6.45, 7) is 1.54. The van der Waals surface area contributed by atoms with E-state index in [-0.39, 0.29) is 37.9 Å². The highest BCUT2D eigenvalue weighted by atomic mass is 79.9. The number of halogens is 3. The van der Waals surface area contributed by atoms with E-state index in [2.05, 4.69) is 31.9 Å². The van der Waals surface area contributed by atoms with Crippen LogP contribution in [0, 0.1) is 23.7 Å². The van der Waals surface area contributed by atoms with Crippen molar-refractivity contribution >= 4 is 67.0 Å². The smallest absolute Gasteiger partial charge is 0.275 e. The number of fused-ring (bicyclic) bond motifs is 5. The third-order valence-corrected chi connectivity index (χ3v) is 10.8. The number of alkyl halides is 2. The van der Waals surface area contributed by atoms with E-state index in [4.69, 9.17) is 11.6 Å². The minimum Gasteiger partial charge on any atom is -0.292 e. The Balaban J connectivity index is 1.57. The molecule has 2 aromatic carbocycles. The fraction of sp³-hybridized carbons (Fsp3) is 0.360. The van der Waals surface area contributed by atoms with Crippen molar-refractivity contribution in [1.82, 2.24) is 10.0 Å². The zero-order valence-electron chi connectivity index (χ0n) is 18.1. The summed E-state index contributed by atoms with van der Waals surface area (Å²) in [5.74, 6) is -2.97. The van der Waals surface area contributed by atoms with Crippen LogP contribution in [0.4, 0.5) is 0 Å². The molecule has 0 radical (unpaired) electrons. The van der Waals surface area contributed by atoms with Crippen LogP contribution in [-0.4, -0.2) is 49.2 Å². The van der Waals surface area contributed by atoms with Gasteiger partial charge in [-0.1, -0.05) is 85.9 Å². The number of hydrogen-bond donors (Lipinski definition) is 0. The highest BCUT2D eigenvalue weighted by Gasteiger charge is 2.68. The molecule has 6 nitrogen and oxygen atoms in total. The molecule has 5 rings (SSSR count). The SMILES string of the molecule is C[C@H](C(=O)c1ccccc1)N(C(=O)c1ccccc1Cl)N1C(=O)[C@@H]2[C@H]3C[C@@H]([C@@H](Br)[C@H]3Br)[C@H]2C1=O. The number of ketones is 1. The molecule has 1 saturated heterocycles. The first-order valence-corrected chi connectivity index (χ1v) is 13.3. The molecule has 2 saturated carbocycles. The van der Waals surface area contributed by atoms with E-state index in [1.165, 1.54) is 13.0 Å². The Morgan fingerprint density at radius 1 is 0.941 bits per heavy atom. The molecular formula is C25H21Br2ClN2O4. The van der Waals surface area contributed by atoms with Gasteiger partial charge in [-0.15, -0.1) is 0 Å². The van der Waals surface area contributed by atoms with Gasteiger partial charge in [-0.25, -0.2) is 5.01 Å². The number of carbonyl (C=O) groups excluding carboxylic acids is 4. The van der Waals surface area contributed by atoms with E-state index in [1.54, 1.807) is 48.5 Å². The lowest BCUT2D eigenvalue weighted by Crippen LogP contribution is -2.57. The maximum atomic E-state index is 13.8. The van der Waals surface area contributed by atoms with Gasteiger partial charge in [0.25, 0.3) is 17.7 Å². The third kappa shape index (κ3) is 3.48. The average Bonchev–Trinajstić information content (AvgIpc) is 3.45. The molecule has 34 heavy (non-hydrogen) atoms. The zero-order chi connectivity index (χ0) is 24.3. The van der Waals surface area contributed by atoms with E-state index in [9.17, 15) is 19.2 Å². The van der Waals surface area contributed by atoms with Gasteiger partial charge in [-0.3, -0.25) is 19.2 Å². The molecule has 1 aliphatic heterocycles. The van der Waals surface area contributed by atoms with E-state index in [0.29, 0.717) is 5.56 Å². The summed E-state index contributed by atoms with van der Waals surface area (Å²) in [5.41, 5.74) is 0.501. The van der Waals surface area contributed by atoms with E-state index >= 15 is 0 Å². The number of nitrogens with zero attached hydrogens (tertiary/aromatic N) is 2. The fourth-order valence-electron chi connectivity index (χ4n) is 5.70. The highest BCUT2D eigenvalue weighted by Crippen LogP contribution is 2.60. The van der Waals surface area contributed by atoms with Crippen molar-refractivity contribution in [3.8, 4) is 0 Å². The van der Waals surface area contributed by atoms with Crippen LogP contribution >= 0.6 is 43.5 Å². The van der Waals surface area contributed by atoms with Crippen LogP contribution in [0.1, 0.15) is 34.1 Å². The largest absolute Gasteiger partial charge is 0.292 e. The summed E-state index contributed by atoms with van der Waals surface area (Å²) < 4.78 is 0. The van der Waals surface area contributed by atoms with Crippen molar-refractivity contribution in [3.05, 3.63) is 70.7 Å². The van der Waals surface area contributed by atoms with Gasteiger partial charge in [-0.2, -0.15) is 5.01 Å². The number of rotatable bonds is 5. The van der Waals surface area contributed by atoms with Gasteiger partial charge < -0.3 is 0 Å². The number of imide groups is 1. The second-order valence-electron chi connectivity index (χ2n) is 9.03. The standard InChI is InChI=1S/C25H21Br2ClN2O4/c1-12(22(31)13-7-3-2-4-8-13)29(23(32)14-9-5-6-10-17(14)28)30-24(33)18-15-11-16(19(18)25(30)34)21(27)20(15)26/h2-10,12,15-16,18-21H,11H2,1H3/t12-,15-,16-,18-,19-,20-,21+/m1/s1. The Morgan fingerprint density at radius 3 is 2.03 bits per heavy atom. The first kappa shape index (κ1) is 23.7. The molecule has 7 atom stereocenters. The Kier molecular flexibility index (Phi) is 6.19. The van der Waals surface area contributed by atoms with Crippen molar-refractivity contribution in [2.75, 3.05) is 0 Å². The molecule has 2 aromatic rings. The molecule has 0 aromatic heterocycles. The van der Waals surface area contributed by atoms with Gasteiger partial charge in [0.05, 0.1) is 22.4 Å². The lowest BCUT2D eigenvalue weighted by atomic mass is 9.81. The summed E-state index contributed by atoms with van der Waals surface area (Å²) in [7, 11) is 0. The molecular weight excluding hydrogens is 588 g/mol. The predicted molar refractivity (Wildman–Crippen MR) is 134 cm³/mol. The first-order valence-electron chi connectivity index (χ1n) is 11.1. The zero-order valence-corrected chi connectivity index (χ0v) is 22.0. The second kappa shape index (κ2) is 8.88. The number of benzene rings is 2. The van der Waals surface area contributed by atoms with E-state index in [1.807, 2.05) is 0 Å². The normalized spacial score (nSPS) is 30.4. The van der Waals surface area contributed by atoms with Gasteiger partial charge in [-0.05, 0) is 37.3 Å². The molecule has 2 bridgehead atoms. The van der Waals surface area contributed by atoms with Crippen LogP contribution in [0.2, 0.25) is 5.02 Å². The van der Waals surface area contributed by atoms with Crippen molar-refractivity contribution in [1.29, 1.82) is 0 Å². The Labute approximate surface area is 218 Å². The van der Waals surface area contributed by atoms with Crippen molar-refractivity contribution < 1.29 is 19.2 Å². The van der Waals surface area contributed by atoms with Gasteiger partial charge in [0, 0.05) is 15.2 Å². The average molecular weight is 609 g/mol. The number of amides is 3. The predicted octanol–water partition coefficient (Wildman–Crippen LogP) is 4.75. The maximum absolute atomic E-state index is 13.8. The quantitative estimate of drug-likeness (QED) is 0.279. The van der Waals surface area contributed by atoms with Gasteiger partial charge in [0.2, 0.25) is 0 Å². The number of hydrazine groups is 1. The van der Waals surface area contributed by atoms with E-state index < -0.39 is 35.6 Å². The minimum absolute atomic E-state index is 0.0155. The fourth-order valence-corrected chi connectivity index (χ4v) is 7.79. The van der Waals surface area contributed by atoms with Crippen molar-refractivity contribution in [3.63, 3.8) is 0 Å². The molecule has 9 heteroatoms. The summed E-state index contributed by atoms with van der Waals surface area (Å²) in [4.78, 5) is 54.7. The van der Waals surface area contributed by atoms with Crippen LogP contribution in [0.25, 0.3) is 0 Å². The van der Waals surface area contributed by atoms with E-state index in [0.717, 1.165) is 16.4 Å². The van der Waals surface area contributed by atoms with Crippen LogP contribution in [0.15, 0.2) is 54.6 Å². The number of Topliss-reactive ketones (excluding diaryl/α,β-unsaturated/α-hetero) is 1. The summed E-state index contributed by atoms with van der Waals surface area (Å²) in [5, 5.41) is 2.12. The summed E-state index contributed by atoms with van der Waals surface area (Å²) >= 11 is 13.7. The van der Waals surface area contributed by atoms with Crippen molar-refractivity contribution in [2.24, 2.45) is 23.7 Å². The molecule has 3 aliphatic rings. The number of hydrogen-bond acceptors (Lipinski definition) is 4. The molecule has 176 valence electrons. The lowest BCUT2D eigenvalue weighted by Gasteiger charge is -2.35. The highest BCUT2D eigenvalue weighted by molar-refractivity contribution is 9.12. The molecule has 0 spiro atoms. The van der Waals surface area contributed by atoms with Crippen LogP contribution < -0.4 is 0 Å². The Morgan fingerprint density at radius 2 is 1.47 bits per heavy atom. The van der Waals surface area contributed by atoms with Crippen LogP contribution in [0.5, 0.6) is 0 Å². The monoisotopic (exact) mass is 606 g/mol. The van der Waals surface area contributed by atoms with Crippen molar-refractivity contribution in [2.45, 2.75) is 29.0 Å². The molecule has 0 unspecified atom stereocenters. The molecule has 3 amide bonds. The Hall–Kier alpha value is -2.03. The third-order valence-electron chi connectivity index (χ3n) is 7.30. The summed E-state index contributed by atoms with van der Waals surface area (Å²) in [6, 6.07) is 13.8. The maximum Gasteiger partial charge on any atom is 0.275 e. The Bertz CT molecular complexity index is 1160. The molecule has 1 heterocycles. The number of carbonyl (C=O) groups is 4. The van der Waals surface area contributed by atoms with Gasteiger partial charge >= 0.3 is 0 Å². The second-order valence-corrected chi connectivity index (χ2v) is 11.5.